The molecule has 0 N–H and O–H groups in total. The van der Waals surface area contributed by atoms with E-state index in [1.807, 2.05) is 0 Å². The SMILES string of the molecule is CC1CC2CC=CC1O2. The van der Waals surface area contributed by atoms with Crippen molar-refractivity contribution in [1.82, 2.24) is 0 Å². The first-order valence-corrected chi connectivity index (χ1v) is 3.68. The summed E-state index contributed by atoms with van der Waals surface area (Å²) < 4.78 is 5.62. The van der Waals surface area contributed by atoms with Crippen molar-refractivity contribution in [3.8, 4) is 0 Å². The lowest BCUT2D eigenvalue weighted by molar-refractivity contribution is 0.0572. The number of hydrogen-bond acceptors (Lipinski definition) is 1. The van der Waals surface area contributed by atoms with Gasteiger partial charge >= 0.3 is 0 Å². The summed E-state index contributed by atoms with van der Waals surface area (Å²) in [6.45, 7) is 2.26. The van der Waals surface area contributed by atoms with Crippen molar-refractivity contribution in [2.45, 2.75) is 32.0 Å². The van der Waals surface area contributed by atoms with Gasteiger partial charge in [-0.3, -0.25) is 0 Å². The van der Waals surface area contributed by atoms with Crippen molar-refractivity contribution in [3.63, 3.8) is 0 Å². The van der Waals surface area contributed by atoms with E-state index in [0.717, 1.165) is 12.3 Å². The average Bonchev–Trinajstić information content (AvgIpc) is 2.09. The van der Waals surface area contributed by atoms with Crippen LogP contribution in [0.25, 0.3) is 0 Å². The van der Waals surface area contributed by atoms with Gasteiger partial charge in [-0.15, -0.1) is 0 Å². The summed E-state index contributed by atoms with van der Waals surface area (Å²) >= 11 is 0. The Balaban J connectivity index is 2.18. The molecule has 2 bridgehead atoms. The third-order valence-corrected chi connectivity index (χ3v) is 2.27. The van der Waals surface area contributed by atoms with Crippen molar-refractivity contribution in [3.05, 3.63) is 12.2 Å². The van der Waals surface area contributed by atoms with Crippen LogP contribution in [-0.2, 0) is 4.74 Å². The Morgan fingerprint density at radius 3 is 3.11 bits per heavy atom. The summed E-state index contributed by atoms with van der Waals surface area (Å²) in [7, 11) is 0. The number of fused-ring (bicyclic) bond motifs is 2. The van der Waals surface area contributed by atoms with Crippen LogP contribution in [0.2, 0.25) is 0 Å². The van der Waals surface area contributed by atoms with Crippen molar-refractivity contribution < 1.29 is 4.74 Å². The molecule has 1 nitrogen and oxygen atoms in total. The van der Waals surface area contributed by atoms with Gasteiger partial charge in [0.25, 0.3) is 0 Å². The highest BCUT2D eigenvalue weighted by atomic mass is 16.5. The van der Waals surface area contributed by atoms with E-state index in [1.165, 1.54) is 6.42 Å². The largest absolute Gasteiger partial charge is 0.370 e. The van der Waals surface area contributed by atoms with Gasteiger partial charge in [0.1, 0.15) is 0 Å². The topological polar surface area (TPSA) is 9.23 Å². The maximum Gasteiger partial charge on any atom is 0.0786 e. The average molecular weight is 124 g/mol. The predicted octanol–water partition coefficient (Wildman–Crippen LogP) is 1.74. The zero-order chi connectivity index (χ0) is 6.27. The molecule has 2 rings (SSSR count). The van der Waals surface area contributed by atoms with E-state index in [1.54, 1.807) is 0 Å². The molecule has 0 saturated carbocycles. The first-order valence-electron chi connectivity index (χ1n) is 3.68. The summed E-state index contributed by atoms with van der Waals surface area (Å²) in [6, 6.07) is 0. The quantitative estimate of drug-likeness (QED) is 0.447. The van der Waals surface area contributed by atoms with Crippen molar-refractivity contribution in [1.29, 1.82) is 0 Å². The van der Waals surface area contributed by atoms with E-state index in [0.29, 0.717) is 12.2 Å². The van der Waals surface area contributed by atoms with Crippen LogP contribution in [0.15, 0.2) is 12.2 Å². The van der Waals surface area contributed by atoms with E-state index in [9.17, 15) is 0 Å². The van der Waals surface area contributed by atoms with E-state index in [2.05, 4.69) is 19.1 Å². The minimum Gasteiger partial charge on any atom is -0.370 e. The zero-order valence-corrected chi connectivity index (χ0v) is 5.71. The maximum absolute atomic E-state index is 5.62. The van der Waals surface area contributed by atoms with E-state index < -0.39 is 0 Å². The van der Waals surface area contributed by atoms with Gasteiger partial charge in [0.05, 0.1) is 12.2 Å². The molecule has 2 aliphatic rings. The second kappa shape index (κ2) is 1.84. The van der Waals surface area contributed by atoms with Gasteiger partial charge in [-0.05, 0) is 18.8 Å². The van der Waals surface area contributed by atoms with E-state index >= 15 is 0 Å². The van der Waals surface area contributed by atoms with Gasteiger partial charge in [-0.1, -0.05) is 19.1 Å². The summed E-state index contributed by atoms with van der Waals surface area (Å²) in [5.74, 6) is 0.758. The minimum absolute atomic E-state index is 0.448. The first kappa shape index (κ1) is 5.48. The summed E-state index contributed by atoms with van der Waals surface area (Å²) in [5, 5.41) is 0. The lowest BCUT2D eigenvalue weighted by Crippen LogP contribution is -2.14. The number of hydrogen-bond donors (Lipinski definition) is 0. The molecule has 0 aromatic carbocycles. The van der Waals surface area contributed by atoms with Crippen molar-refractivity contribution in [2.24, 2.45) is 5.92 Å². The molecule has 3 atom stereocenters. The first-order chi connectivity index (χ1) is 4.36. The fourth-order valence-corrected chi connectivity index (χ4v) is 1.71. The van der Waals surface area contributed by atoms with Crippen LogP contribution < -0.4 is 0 Å². The highest BCUT2D eigenvalue weighted by Gasteiger charge is 2.31. The third-order valence-electron chi connectivity index (χ3n) is 2.27. The molecule has 2 heterocycles. The zero-order valence-electron chi connectivity index (χ0n) is 5.71. The van der Waals surface area contributed by atoms with Crippen LogP contribution in [0, 0.1) is 5.92 Å². The second-order valence-electron chi connectivity index (χ2n) is 3.10. The Morgan fingerprint density at radius 2 is 2.44 bits per heavy atom. The van der Waals surface area contributed by atoms with Crippen LogP contribution in [0.4, 0.5) is 0 Å². The van der Waals surface area contributed by atoms with Crippen LogP contribution in [0.1, 0.15) is 19.8 Å². The van der Waals surface area contributed by atoms with Crippen LogP contribution in [-0.4, -0.2) is 12.2 Å². The summed E-state index contributed by atoms with van der Waals surface area (Å²) in [6.07, 6.45) is 7.85. The Morgan fingerprint density at radius 1 is 1.56 bits per heavy atom. The normalized spacial score (nSPS) is 47.9. The molecule has 9 heavy (non-hydrogen) atoms. The molecule has 2 aliphatic heterocycles. The van der Waals surface area contributed by atoms with Gasteiger partial charge in [0, 0.05) is 0 Å². The Kier molecular flexibility index (Phi) is 1.12. The Labute approximate surface area is 55.7 Å². The van der Waals surface area contributed by atoms with E-state index in [4.69, 9.17) is 4.74 Å². The molecule has 0 spiro atoms. The third kappa shape index (κ3) is 0.799. The molecule has 0 aromatic heterocycles. The molecule has 3 unspecified atom stereocenters. The van der Waals surface area contributed by atoms with Gasteiger partial charge in [0.15, 0.2) is 0 Å². The highest BCUT2D eigenvalue weighted by molar-refractivity contribution is 5.03. The molecular formula is C8H12O. The molecule has 1 fully saturated rings. The minimum atomic E-state index is 0.448. The molecular weight excluding hydrogens is 112 g/mol. The van der Waals surface area contributed by atoms with Crippen LogP contribution in [0.3, 0.4) is 0 Å². The van der Waals surface area contributed by atoms with Gasteiger partial charge in [0.2, 0.25) is 0 Å². The number of ether oxygens (including phenoxy) is 1. The molecule has 1 saturated heterocycles. The van der Waals surface area contributed by atoms with E-state index in [-0.39, 0.29) is 0 Å². The summed E-state index contributed by atoms with van der Waals surface area (Å²) in [4.78, 5) is 0. The molecule has 0 aromatic rings. The predicted molar refractivity (Wildman–Crippen MR) is 36.2 cm³/mol. The van der Waals surface area contributed by atoms with Gasteiger partial charge in [-0.25, -0.2) is 0 Å². The van der Waals surface area contributed by atoms with Gasteiger partial charge < -0.3 is 4.74 Å². The molecule has 50 valence electrons. The molecule has 0 radical (unpaired) electrons. The second-order valence-corrected chi connectivity index (χ2v) is 3.10. The van der Waals surface area contributed by atoms with Crippen molar-refractivity contribution in [2.75, 3.05) is 0 Å². The Hall–Kier alpha value is -0.300. The maximum atomic E-state index is 5.62. The standard InChI is InChI=1S/C8H12O/c1-6-5-7-3-2-4-8(6)9-7/h2,4,6-8H,3,5H2,1H3. The fraction of sp³-hybridized carbons (Fsp3) is 0.750. The molecule has 0 amide bonds. The monoisotopic (exact) mass is 124 g/mol. The number of rotatable bonds is 0. The Bertz CT molecular complexity index is 140. The molecule has 1 heteroatoms. The van der Waals surface area contributed by atoms with Crippen LogP contribution in [0.5, 0.6) is 0 Å². The van der Waals surface area contributed by atoms with Crippen molar-refractivity contribution >= 4 is 0 Å². The fourth-order valence-electron chi connectivity index (χ4n) is 1.71. The lowest BCUT2D eigenvalue weighted by Gasteiger charge is -2.14. The smallest absolute Gasteiger partial charge is 0.0786 e. The lowest BCUT2D eigenvalue weighted by atomic mass is 10.0. The molecule has 0 aliphatic carbocycles. The highest BCUT2D eigenvalue weighted by Crippen LogP contribution is 2.32. The summed E-state index contributed by atoms with van der Waals surface area (Å²) in [5.41, 5.74) is 0. The van der Waals surface area contributed by atoms with Gasteiger partial charge in [-0.2, -0.15) is 0 Å². The van der Waals surface area contributed by atoms with Crippen LogP contribution >= 0.6 is 0 Å².